The van der Waals surface area contributed by atoms with Crippen LogP contribution in [0.15, 0.2) is 24.3 Å². The van der Waals surface area contributed by atoms with Crippen molar-refractivity contribution in [1.29, 1.82) is 0 Å². The number of halogens is 3. The number of ether oxygens (including phenoxy) is 2. The monoisotopic (exact) mass is 544 g/mol. The van der Waals surface area contributed by atoms with E-state index >= 15 is 0 Å². The molecule has 0 N–H and O–H groups in total. The number of carbonyl (C=O) groups is 2. The van der Waals surface area contributed by atoms with Crippen LogP contribution in [0.2, 0.25) is 18.1 Å². The normalized spacial score (nSPS) is 23.6. The first-order valence-electron chi connectivity index (χ1n) is 13.1. The fourth-order valence-corrected chi connectivity index (χ4v) is 8.76. The molecule has 2 amide bonds. The van der Waals surface area contributed by atoms with Gasteiger partial charge in [0, 0.05) is 18.5 Å². The largest absolute Gasteiger partial charge is 0.497 e. The summed E-state index contributed by atoms with van der Waals surface area (Å²) in [6, 6.07) is 7.33. The number of benzene rings is 1. The highest BCUT2D eigenvalue weighted by Crippen LogP contribution is 2.45. The molecular formula is C26H39F3N2O5Si. The van der Waals surface area contributed by atoms with Gasteiger partial charge in [-0.3, -0.25) is 9.69 Å². The molecule has 2 fully saturated rings. The van der Waals surface area contributed by atoms with Crippen molar-refractivity contribution in [3.63, 3.8) is 0 Å². The lowest BCUT2D eigenvalue weighted by Gasteiger charge is -2.39. The van der Waals surface area contributed by atoms with Crippen molar-refractivity contribution in [1.82, 2.24) is 9.80 Å². The van der Waals surface area contributed by atoms with Gasteiger partial charge in [0.25, 0.3) is 0 Å². The minimum absolute atomic E-state index is 0.0821. The second-order valence-corrected chi connectivity index (χ2v) is 14.7. The molecule has 7 nitrogen and oxygen atoms in total. The van der Waals surface area contributed by atoms with Crippen molar-refractivity contribution in [3.8, 4) is 5.75 Å². The molecule has 1 aromatic rings. The van der Waals surface area contributed by atoms with Crippen LogP contribution < -0.4 is 4.74 Å². The van der Waals surface area contributed by atoms with Gasteiger partial charge in [-0.1, -0.05) is 39.3 Å². The van der Waals surface area contributed by atoms with E-state index in [1.54, 1.807) is 29.2 Å². The molecule has 11 heteroatoms. The van der Waals surface area contributed by atoms with E-state index in [9.17, 15) is 22.8 Å². The Hall–Kier alpha value is -2.27. The molecule has 37 heavy (non-hydrogen) atoms. The number of alkyl halides is 3. The Kier molecular flexibility index (Phi) is 9.55. The zero-order valence-electron chi connectivity index (χ0n) is 22.3. The molecule has 3 rings (SSSR count). The third-order valence-corrected chi connectivity index (χ3v) is 13.0. The van der Waals surface area contributed by atoms with Gasteiger partial charge in [0.1, 0.15) is 5.75 Å². The minimum atomic E-state index is -5.06. The molecule has 1 saturated carbocycles. The first-order valence-corrected chi connectivity index (χ1v) is 15.6. The summed E-state index contributed by atoms with van der Waals surface area (Å²) in [6.07, 6.45) is -3.60. The Bertz CT molecular complexity index is 918. The number of amides is 2. The van der Waals surface area contributed by atoms with Crippen molar-refractivity contribution in [2.24, 2.45) is 5.92 Å². The van der Waals surface area contributed by atoms with Crippen LogP contribution in [-0.2, 0) is 20.5 Å². The Morgan fingerprint density at radius 1 is 1.05 bits per heavy atom. The first-order chi connectivity index (χ1) is 17.6. The van der Waals surface area contributed by atoms with E-state index in [-0.39, 0.29) is 25.1 Å². The molecule has 1 aliphatic heterocycles. The zero-order chi connectivity index (χ0) is 27.4. The summed E-state index contributed by atoms with van der Waals surface area (Å²) in [6.45, 7) is 6.06. The average molecular weight is 545 g/mol. The van der Waals surface area contributed by atoms with Gasteiger partial charge >= 0.3 is 18.2 Å². The smallest absolute Gasteiger partial charge is 0.471 e. The molecule has 0 radical (unpaired) electrons. The fourth-order valence-electron chi connectivity index (χ4n) is 6.12. The van der Waals surface area contributed by atoms with Gasteiger partial charge in [-0.15, -0.1) is 0 Å². The number of hydrogen-bond donors (Lipinski definition) is 0. The summed E-state index contributed by atoms with van der Waals surface area (Å²) >= 11 is 0. The number of methoxy groups -OCH3 is 2. The lowest BCUT2D eigenvalue weighted by Crippen LogP contribution is -2.56. The number of rotatable bonds is 10. The molecule has 0 bridgehead atoms. The third-order valence-electron chi connectivity index (χ3n) is 8.33. The molecule has 0 aromatic heterocycles. The Morgan fingerprint density at radius 3 is 2.19 bits per heavy atom. The van der Waals surface area contributed by atoms with E-state index in [4.69, 9.17) is 13.9 Å². The van der Waals surface area contributed by atoms with Gasteiger partial charge in [-0.25, -0.2) is 4.79 Å². The van der Waals surface area contributed by atoms with Crippen molar-refractivity contribution in [2.75, 3.05) is 20.8 Å². The van der Waals surface area contributed by atoms with Crippen molar-refractivity contribution in [3.05, 3.63) is 29.8 Å². The predicted molar refractivity (Wildman–Crippen MR) is 136 cm³/mol. The standard InChI is InChI=1S/C26H39F3N2O5Si/c1-6-37(7-2,8-3)36-17-22-23(20-10-9-11-21(20)31(22)25(33)35-5)30(24(32)26(27,28)29)16-18-12-14-19(34-4)15-13-18/h12-15,20-23H,6-11,16-17H2,1-5H3/t20-,21+,22?,23?/m0/s1. The molecule has 1 aromatic carbocycles. The van der Waals surface area contributed by atoms with E-state index in [1.165, 1.54) is 14.2 Å². The maximum Gasteiger partial charge on any atom is 0.471 e. The molecule has 1 heterocycles. The second-order valence-electron chi connectivity index (χ2n) is 9.93. The van der Waals surface area contributed by atoms with Gasteiger partial charge in [0.15, 0.2) is 8.32 Å². The van der Waals surface area contributed by atoms with E-state index < -0.39 is 38.6 Å². The van der Waals surface area contributed by atoms with Gasteiger partial charge in [0.2, 0.25) is 0 Å². The van der Waals surface area contributed by atoms with Crippen LogP contribution in [0.5, 0.6) is 5.75 Å². The fraction of sp³-hybridized carbons (Fsp3) is 0.692. The van der Waals surface area contributed by atoms with Crippen LogP contribution in [0, 0.1) is 5.92 Å². The van der Waals surface area contributed by atoms with Gasteiger partial charge in [-0.2, -0.15) is 13.2 Å². The Morgan fingerprint density at radius 2 is 1.68 bits per heavy atom. The molecular weight excluding hydrogens is 505 g/mol. The number of likely N-dealkylation sites (tertiary alicyclic amines) is 1. The van der Waals surface area contributed by atoms with Crippen molar-refractivity contribution < 1.29 is 36.7 Å². The molecule has 1 saturated heterocycles. The second kappa shape index (κ2) is 12.1. The van der Waals surface area contributed by atoms with E-state index in [1.807, 2.05) is 0 Å². The molecule has 1 aliphatic carbocycles. The van der Waals surface area contributed by atoms with E-state index in [2.05, 4.69) is 20.8 Å². The minimum Gasteiger partial charge on any atom is -0.497 e. The van der Waals surface area contributed by atoms with Crippen molar-refractivity contribution >= 4 is 20.3 Å². The summed E-state index contributed by atoms with van der Waals surface area (Å²) in [4.78, 5) is 28.4. The summed E-state index contributed by atoms with van der Waals surface area (Å²) < 4.78 is 58.7. The summed E-state index contributed by atoms with van der Waals surface area (Å²) in [5.41, 5.74) is 0.545. The SMILES string of the molecule is CC[Si](CC)(CC)OCC1C(N(Cc2ccc(OC)cc2)C(=O)C(F)(F)F)[C@H]2CCC[C@H]2N1C(=O)OC. The number of carbonyl (C=O) groups excluding carboxylic acids is 2. The van der Waals surface area contributed by atoms with Crippen LogP contribution in [0.3, 0.4) is 0 Å². The summed E-state index contributed by atoms with van der Waals surface area (Å²) in [7, 11) is 0.653. The topological polar surface area (TPSA) is 68.3 Å². The third kappa shape index (κ3) is 6.08. The predicted octanol–water partition coefficient (Wildman–Crippen LogP) is 5.60. The Labute approximate surface area is 218 Å². The quantitative estimate of drug-likeness (QED) is 0.359. The molecule has 2 unspecified atom stereocenters. The van der Waals surface area contributed by atoms with Crippen LogP contribution in [0.4, 0.5) is 18.0 Å². The lowest BCUT2D eigenvalue weighted by atomic mass is 9.93. The van der Waals surface area contributed by atoms with E-state index in [0.717, 1.165) is 29.5 Å². The highest BCUT2D eigenvalue weighted by atomic mass is 28.4. The van der Waals surface area contributed by atoms with Crippen LogP contribution in [-0.4, -0.2) is 75.2 Å². The van der Waals surface area contributed by atoms with Gasteiger partial charge in [0.05, 0.1) is 32.9 Å². The van der Waals surface area contributed by atoms with Crippen LogP contribution in [0.25, 0.3) is 0 Å². The van der Waals surface area contributed by atoms with Crippen LogP contribution in [0.1, 0.15) is 45.6 Å². The lowest BCUT2D eigenvalue weighted by molar-refractivity contribution is -0.190. The molecule has 4 atom stereocenters. The molecule has 0 spiro atoms. The molecule has 2 aliphatic rings. The highest BCUT2D eigenvalue weighted by Gasteiger charge is 2.58. The first kappa shape index (κ1) is 29.3. The zero-order valence-corrected chi connectivity index (χ0v) is 23.3. The highest BCUT2D eigenvalue weighted by molar-refractivity contribution is 6.73. The van der Waals surface area contributed by atoms with Crippen molar-refractivity contribution in [2.45, 2.75) is 89.0 Å². The Balaban J connectivity index is 2.06. The number of hydrogen-bond acceptors (Lipinski definition) is 5. The summed E-state index contributed by atoms with van der Waals surface area (Å²) in [5.74, 6) is -1.63. The van der Waals surface area contributed by atoms with E-state index in [0.29, 0.717) is 24.2 Å². The maximum atomic E-state index is 14.0. The molecule has 208 valence electrons. The number of nitrogens with zero attached hydrogens (tertiary/aromatic N) is 2. The maximum absolute atomic E-state index is 14.0. The van der Waals surface area contributed by atoms with Gasteiger partial charge < -0.3 is 18.8 Å². The average Bonchev–Trinajstić information content (AvgIpc) is 3.48. The summed E-state index contributed by atoms with van der Waals surface area (Å²) in [5, 5.41) is 0. The van der Waals surface area contributed by atoms with Crippen LogP contribution >= 0.6 is 0 Å². The van der Waals surface area contributed by atoms with Gasteiger partial charge in [-0.05, 0) is 48.7 Å². The number of fused-ring (bicyclic) bond motifs is 1.